The molecule has 0 aromatic carbocycles. The fourth-order valence-corrected chi connectivity index (χ4v) is 3.77. The summed E-state index contributed by atoms with van der Waals surface area (Å²) in [4.78, 5) is 14.9. The number of aliphatic hydroxyl groups excluding tert-OH is 1. The lowest BCUT2D eigenvalue weighted by atomic mass is 10.3. The maximum absolute atomic E-state index is 12.1. The molecular weight excluding hydrogens is 286 g/mol. The molecule has 1 saturated heterocycles. The topological polar surface area (TPSA) is 74.7 Å². The molecule has 1 aromatic heterocycles. The number of nitrogens with zero attached hydrogens (tertiary/aromatic N) is 1. The predicted octanol–water partition coefficient (Wildman–Crippen LogP) is -0.0375. The van der Waals surface area contributed by atoms with Gasteiger partial charge < -0.3 is 10.0 Å². The number of rotatable bonds is 1. The summed E-state index contributed by atoms with van der Waals surface area (Å²) in [5.41, 5.74) is 0. The van der Waals surface area contributed by atoms with Crippen LogP contribution in [0.3, 0.4) is 0 Å². The molecule has 7 heteroatoms. The first-order valence-corrected chi connectivity index (χ1v) is 8.35. The van der Waals surface area contributed by atoms with Gasteiger partial charge in [0, 0.05) is 13.1 Å². The van der Waals surface area contributed by atoms with Crippen molar-refractivity contribution in [2.24, 2.45) is 0 Å². The van der Waals surface area contributed by atoms with Crippen LogP contribution in [0.15, 0.2) is 12.1 Å². The van der Waals surface area contributed by atoms with E-state index in [9.17, 15) is 13.2 Å². The minimum Gasteiger partial charge on any atom is -0.384 e. The molecule has 1 aromatic rings. The van der Waals surface area contributed by atoms with Crippen LogP contribution in [0.1, 0.15) is 14.5 Å². The molecular formula is C12H13NO4S2. The molecule has 2 rings (SSSR count). The fourth-order valence-electron chi connectivity index (χ4n) is 1.72. The maximum atomic E-state index is 12.1. The Morgan fingerprint density at radius 3 is 2.68 bits per heavy atom. The normalized spacial score (nSPS) is 17.6. The standard InChI is InChI=1S/C12H13NO4S2/c14-7-1-2-10-3-4-11(18-10)12(15)13-5-8-19(16,17)9-6-13/h3-4,14H,5-9H2. The molecule has 0 aliphatic carbocycles. The third-order valence-corrected chi connectivity index (χ3v) is 5.34. The molecule has 1 aliphatic heterocycles. The van der Waals surface area contributed by atoms with Gasteiger partial charge in [-0.05, 0) is 12.1 Å². The Morgan fingerprint density at radius 2 is 2.05 bits per heavy atom. The number of hydrogen-bond donors (Lipinski definition) is 1. The third kappa shape index (κ3) is 3.56. The quantitative estimate of drug-likeness (QED) is 0.739. The molecule has 102 valence electrons. The first-order valence-electron chi connectivity index (χ1n) is 5.71. The lowest BCUT2D eigenvalue weighted by Gasteiger charge is -2.26. The van der Waals surface area contributed by atoms with Crippen LogP contribution in [0.2, 0.25) is 0 Å². The van der Waals surface area contributed by atoms with Gasteiger partial charge in [0.15, 0.2) is 9.84 Å². The van der Waals surface area contributed by atoms with E-state index in [2.05, 4.69) is 11.8 Å². The van der Waals surface area contributed by atoms with E-state index >= 15 is 0 Å². The van der Waals surface area contributed by atoms with Crippen LogP contribution < -0.4 is 0 Å². The van der Waals surface area contributed by atoms with Crippen LogP contribution in [0, 0.1) is 11.8 Å². The van der Waals surface area contributed by atoms with Crippen molar-refractivity contribution in [3.05, 3.63) is 21.9 Å². The van der Waals surface area contributed by atoms with Crippen molar-refractivity contribution < 1.29 is 18.3 Å². The minimum absolute atomic E-state index is 0.0291. The maximum Gasteiger partial charge on any atom is 0.264 e. The largest absolute Gasteiger partial charge is 0.384 e. The monoisotopic (exact) mass is 299 g/mol. The van der Waals surface area contributed by atoms with E-state index in [1.807, 2.05) is 0 Å². The average Bonchev–Trinajstić information content (AvgIpc) is 2.84. The molecule has 0 atom stereocenters. The number of carbonyl (C=O) groups is 1. The predicted molar refractivity (Wildman–Crippen MR) is 72.8 cm³/mol. The van der Waals surface area contributed by atoms with Crippen molar-refractivity contribution in [2.45, 2.75) is 0 Å². The van der Waals surface area contributed by atoms with Crippen LogP contribution in [0.5, 0.6) is 0 Å². The highest BCUT2D eigenvalue weighted by molar-refractivity contribution is 7.91. The number of hydrogen-bond acceptors (Lipinski definition) is 5. The Hall–Kier alpha value is -1.36. The number of sulfone groups is 1. The first-order chi connectivity index (χ1) is 9.02. The highest BCUT2D eigenvalue weighted by Gasteiger charge is 2.26. The smallest absolute Gasteiger partial charge is 0.264 e. The van der Waals surface area contributed by atoms with E-state index in [0.717, 1.165) is 0 Å². The molecule has 19 heavy (non-hydrogen) atoms. The van der Waals surface area contributed by atoms with Crippen LogP contribution in [0.4, 0.5) is 0 Å². The van der Waals surface area contributed by atoms with Crippen molar-refractivity contribution in [3.8, 4) is 11.8 Å². The molecule has 0 saturated carbocycles. The Bertz CT molecular complexity index is 622. The molecule has 0 spiro atoms. The lowest BCUT2D eigenvalue weighted by Crippen LogP contribution is -2.43. The van der Waals surface area contributed by atoms with E-state index in [1.165, 1.54) is 11.3 Å². The van der Waals surface area contributed by atoms with E-state index in [1.54, 1.807) is 17.0 Å². The second kappa shape index (κ2) is 5.74. The van der Waals surface area contributed by atoms with E-state index < -0.39 is 9.84 Å². The highest BCUT2D eigenvalue weighted by Crippen LogP contribution is 2.18. The summed E-state index contributed by atoms with van der Waals surface area (Å²) >= 11 is 1.25. The lowest BCUT2D eigenvalue weighted by molar-refractivity contribution is 0.0775. The van der Waals surface area contributed by atoms with Crippen molar-refractivity contribution in [3.63, 3.8) is 0 Å². The van der Waals surface area contributed by atoms with Gasteiger partial charge in [-0.1, -0.05) is 11.8 Å². The van der Waals surface area contributed by atoms with Crippen LogP contribution in [0.25, 0.3) is 0 Å². The molecule has 0 radical (unpaired) electrons. The minimum atomic E-state index is -2.98. The Balaban J connectivity index is 2.06. The zero-order valence-corrected chi connectivity index (χ0v) is 11.8. The fraction of sp³-hybridized carbons (Fsp3) is 0.417. The summed E-state index contributed by atoms with van der Waals surface area (Å²) in [6.45, 7) is 0.276. The van der Waals surface area contributed by atoms with Gasteiger partial charge in [0.1, 0.15) is 6.61 Å². The third-order valence-electron chi connectivity index (χ3n) is 2.74. The molecule has 1 N–H and O–H groups in total. The van der Waals surface area contributed by atoms with Gasteiger partial charge in [0.05, 0.1) is 21.3 Å². The first kappa shape index (κ1) is 14.1. The van der Waals surface area contributed by atoms with Gasteiger partial charge in [-0.15, -0.1) is 11.3 Å². The van der Waals surface area contributed by atoms with Crippen LogP contribution >= 0.6 is 11.3 Å². The number of carbonyl (C=O) groups excluding carboxylic acids is 1. The number of aliphatic hydroxyl groups is 1. The summed E-state index contributed by atoms with van der Waals surface area (Å²) in [6, 6.07) is 3.40. The van der Waals surface area contributed by atoms with E-state index in [-0.39, 0.29) is 37.1 Å². The summed E-state index contributed by atoms with van der Waals surface area (Å²) in [5.74, 6) is 5.16. The zero-order chi connectivity index (χ0) is 13.9. The Labute approximate surface area is 115 Å². The molecule has 2 heterocycles. The van der Waals surface area contributed by atoms with Crippen molar-refractivity contribution in [1.82, 2.24) is 4.90 Å². The summed E-state index contributed by atoms with van der Waals surface area (Å²) in [6.07, 6.45) is 0. The van der Waals surface area contributed by atoms with Crippen molar-refractivity contribution in [1.29, 1.82) is 0 Å². The van der Waals surface area contributed by atoms with Crippen LogP contribution in [-0.2, 0) is 9.84 Å². The SMILES string of the molecule is O=C(c1ccc(C#CCO)s1)N1CCS(=O)(=O)CC1. The molecule has 1 aliphatic rings. The molecule has 5 nitrogen and oxygen atoms in total. The Kier molecular flexibility index (Phi) is 4.24. The number of amides is 1. The molecule has 1 amide bonds. The summed E-state index contributed by atoms with van der Waals surface area (Å²) in [7, 11) is -2.98. The van der Waals surface area contributed by atoms with Crippen molar-refractivity contribution in [2.75, 3.05) is 31.2 Å². The van der Waals surface area contributed by atoms with Gasteiger partial charge in [-0.2, -0.15) is 0 Å². The van der Waals surface area contributed by atoms with E-state index in [0.29, 0.717) is 9.75 Å². The zero-order valence-electron chi connectivity index (χ0n) is 10.1. The summed E-state index contributed by atoms with van der Waals surface area (Å²) in [5, 5.41) is 8.60. The number of thiophene rings is 1. The highest BCUT2D eigenvalue weighted by atomic mass is 32.2. The van der Waals surface area contributed by atoms with Crippen molar-refractivity contribution >= 4 is 27.1 Å². The van der Waals surface area contributed by atoms with Gasteiger partial charge in [-0.3, -0.25) is 4.79 Å². The molecule has 0 bridgehead atoms. The van der Waals surface area contributed by atoms with Gasteiger partial charge in [-0.25, -0.2) is 8.42 Å². The molecule has 0 unspecified atom stereocenters. The average molecular weight is 299 g/mol. The summed E-state index contributed by atoms with van der Waals surface area (Å²) < 4.78 is 22.6. The van der Waals surface area contributed by atoms with Gasteiger partial charge in [0.2, 0.25) is 0 Å². The van der Waals surface area contributed by atoms with Gasteiger partial charge in [0.25, 0.3) is 5.91 Å². The molecule has 1 fully saturated rings. The Morgan fingerprint density at radius 1 is 1.37 bits per heavy atom. The van der Waals surface area contributed by atoms with Crippen LogP contribution in [-0.4, -0.2) is 55.5 Å². The van der Waals surface area contributed by atoms with Gasteiger partial charge >= 0.3 is 0 Å². The van der Waals surface area contributed by atoms with E-state index in [4.69, 9.17) is 5.11 Å². The second-order valence-electron chi connectivity index (χ2n) is 4.07. The second-order valence-corrected chi connectivity index (χ2v) is 7.46.